The summed E-state index contributed by atoms with van der Waals surface area (Å²) in [5.74, 6) is 0.789. The molecule has 0 amide bonds. The van der Waals surface area contributed by atoms with Crippen LogP contribution in [0, 0.1) is 0 Å². The highest BCUT2D eigenvalue weighted by atomic mass is 35.5. The molecule has 1 N–H and O–H groups in total. The van der Waals surface area contributed by atoms with Gasteiger partial charge in [-0.1, -0.05) is 11.6 Å². The Balaban J connectivity index is 3.02. The van der Waals surface area contributed by atoms with Crippen molar-refractivity contribution in [2.45, 2.75) is 6.61 Å². The van der Waals surface area contributed by atoms with Crippen molar-refractivity contribution in [3.8, 4) is 0 Å². The molecule has 0 aliphatic heterocycles. The Morgan fingerprint density at radius 1 is 1.50 bits per heavy atom. The van der Waals surface area contributed by atoms with Gasteiger partial charge in [0.1, 0.15) is 11.0 Å². The van der Waals surface area contributed by atoms with Gasteiger partial charge >= 0.3 is 0 Å². The van der Waals surface area contributed by atoms with E-state index < -0.39 is 0 Å². The molecule has 1 aromatic rings. The predicted octanol–water partition coefficient (Wildman–Crippen LogP) is 1.29. The second kappa shape index (κ2) is 3.74. The zero-order chi connectivity index (χ0) is 9.14. The molecule has 4 heteroatoms. The fourth-order valence-corrected chi connectivity index (χ4v) is 1.03. The number of anilines is 1. The topological polar surface area (TPSA) is 36.4 Å². The zero-order valence-electron chi connectivity index (χ0n) is 7.08. The van der Waals surface area contributed by atoms with Crippen LogP contribution in [0.4, 0.5) is 5.82 Å². The van der Waals surface area contributed by atoms with E-state index in [0.717, 1.165) is 5.82 Å². The number of pyridine rings is 1. The lowest BCUT2D eigenvalue weighted by molar-refractivity contribution is 0.281. The first-order valence-corrected chi connectivity index (χ1v) is 3.96. The van der Waals surface area contributed by atoms with Gasteiger partial charge in [-0.15, -0.1) is 0 Å². The van der Waals surface area contributed by atoms with Gasteiger partial charge in [-0.2, -0.15) is 0 Å². The first kappa shape index (κ1) is 9.29. The summed E-state index contributed by atoms with van der Waals surface area (Å²) in [5.41, 5.74) is 0.655. The second-order valence-corrected chi connectivity index (χ2v) is 3.03. The third-order valence-electron chi connectivity index (χ3n) is 1.54. The minimum atomic E-state index is -0.0699. The third-order valence-corrected chi connectivity index (χ3v) is 1.87. The highest BCUT2D eigenvalue weighted by Gasteiger charge is 2.02. The number of halogens is 1. The summed E-state index contributed by atoms with van der Waals surface area (Å²) in [6.45, 7) is -0.0699. The Kier molecular flexibility index (Phi) is 2.89. The van der Waals surface area contributed by atoms with Crippen LogP contribution in [-0.4, -0.2) is 24.2 Å². The lowest BCUT2D eigenvalue weighted by Crippen LogP contribution is -2.10. The quantitative estimate of drug-likeness (QED) is 0.708. The summed E-state index contributed by atoms with van der Waals surface area (Å²) in [4.78, 5) is 5.93. The minimum Gasteiger partial charge on any atom is -0.392 e. The fourth-order valence-electron chi connectivity index (χ4n) is 0.821. The highest BCUT2D eigenvalue weighted by Crippen LogP contribution is 2.17. The number of nitrogens with zero attached hydrogens (tertiary/aromatic N) is 2. The lowest BCUT2D eigenvalue weighted by atomic mass is 10.3. The molecule has 0 saturated carbocycles. The highest BCUT2D eigenvalue weighted by molar-refractivity contribution is 6.30. The van der Waals surface area contributed by atoms with Crippen molar-refractivity contribution in [1.29, 1.82) is 0 Å². The molecule has 0 unspecified atom stereocenters. The van der Waals surface area contributed by atoms with Gasteiger partial charge in [0.25, 0.3) is 0 Å². The summed E-state index contributed by atoms with van der Waals surface area (Å²) in [6, 6.07) is 3.59. The summed E-state index contributed by atoms with van der Waals surface area (Å²) in [5, 5.41) is 9.17. The Bertz CT molecular complexity index is 276. The first-order valence-electron chi connectivity index (χ1n) is 3.58. The Morgan fingerprint density at radius 2 is 2.17 bits per heavy atom. The standard InChI is InChI=1S/C8H11ClN2O/c1-11(2)7-4-3-6(5-12)8(9)10-7/h3-4,12H,5H2,1-2H3. The maximum atomic E-state index is 8.81. The molecule has 3 nitrogen and oxygen atoms in total. The molecule has 0 saturated heterocycles. The van der Waals surface area contributed by atoms with Crippen LogP contribution in [0.1, 0.15) is 5.56 Å². The molecule has 1 rings (SSSR count). The SMILES string of the molecule is CN(C)c1ccc(CO)c(Cl)n1. The van der Waals surface area contributed by atoms with Crippen molar-refractivity contribution < 1.29 is 5.11 Å². The smallest absolute Gasteiger partial charge is 0.136 e. The van der Waals surface area contributed by atoms with Crippen molar-refractivity contribution in [1.82, 2.24) is 4.98 Å². The molecule has 12 heavy (non-hydrogen) atoms. The van der Waals surface area contributed by atoms with Gasteiger partial charge in [0.15, 0.2) is 0 Å². The van der Waals surface area contributed by atoms with Gasteiger partial charge < -0.3 is 10.0 Å². The normalized spacial score (nSPS) is 10.0. The van der Waals surface area contributed by atoms with E-state index in [-0.39, 0.29) is 6.61 Å². The molecular formula is C8H11ClN2O. The van der Waals surface area contributed by atoms with E-state index in [1.54, 1.807) is 6.07 Å². The maximum Gasteiger partial charge on any atom is 0.136 e. The van der Waals surface area contributed by atoms with Crippen LogP contribution in [-0.2, 0) is 6.61 Å². The molecule has 0 aliphatic rings. The summed E-state index contributed by atoms with van der Waals surface area (Å²) in [7, 11) is 3.77. The number of rotatable bonds is 2. The van der Waals surface area contributed by atoms with Crippen LogP contribution in [0.5, 0.6) is 0 Å². The summed E-state index contributed by atoms with van der Waals surface area (Å²) >= 11 is 5.78. The minimum absolute atomic E-state index is 0.0699. The molecule has 1 aromatic heterocycles. The molecule has 0 spiro atoms. The zero-order valence-corrected chi connectivity index (χ0v) is 7.84. The van der Waals surface area contributed by atoms with Crippen molar-refractivity contribution in [2.24, 2.45) is 0 Å². The van der Waals surface area contributed by atoms with E-state index in [1.165, 1.54) is 0 Å². The van der Waals surface area contributed by atoms with Crippen LogP contribution in [0.15, 0.2) is 12.1 Å². The molecule has 0 bridgehead atoms. The molecule has 1 heterocycles. The Labute approximate surface area is 76.6 Å². The van der Waals surface area contributed by atoms with Gasteiger partial charge in [0, 0.05) is 19.7 Å². The number of aromatic nitrogens is 1. The van der Waals surface area contributed by atoms with Gasteiger partial charge in [-0.25, -0.2) is 4.98 Å². The van der Waals surface area contributed by atoms with Crippen LogP contribution in [0.25, 0.3) is 0 Å². The maximum absolute atomic E-state index is 8.81. The van der Waals surface area contributed by atoms with E-state index in [1.807, 2.05) is 25.1 Å². The van der Waals surface area contributed by atoms with Crippen LogP contribution in [0.2, 0.25) is 5.15 Å². The Morgan fingerprint density at radius 3 is 2.58 bits per heavy atom. The lowest BCUT2D eigenvalue weighted by Gasteiger charge is -2.11. The number of aliphatic hydroxyl groups is 1. The molecule has 66 valence electrons. The number of aliphatic hydroxyl groups excluding tert-OH is 1. The largest absolute Gasteiger partial charge is 0.392 e. The molecule has 0 radical (unpaired) electrons. The van der Waals surface area contributed by atoms with Crippen LogP contribution >= 0.6 is 11.6 Å². The van der Waals surface area contributed by atoms with Crippen molar-refractivity contribution in [2.75, 3.05) is 19.0 Å². The molecule has 0 aromatic carbocycles. The average molecular weight is 187 g/mol. The number of hydrogen-bond acceptors (Lipinski definition) is 3. The monoisotopic (exact) mass is 186 g/mol. The predicted molar refractivity (Wildman–Crippen MR) is 49.5 cm³/mol. The average Bonchev–Trinajstić information content (AvgIpc) is 2.04. The summed E-state index contributed by atoms with van der Waals surface area (Å²) in [6.07, 6.45) is 0. The summed E-state index contributed by atoms with van der Waals surface area (Å²) < 4.78 is 0. The van der Waals surface area contributed by atoms with E-state index in [0.29, 0.717) is 10.7 Å². The van der Waals surface area contributed by atoms with Gasteiger partial charge in [0.2, 0.25) is 0 Å². The number of hydrogen-bond donors (Lipinski definition) is 1. The first-order chi connectivity index (χ1) is 5.65. The van der Waals surface area contributed by atoms with E-state index in [4.69, 9.17) is 16.7 Å². The van der Waals surface area contributed by atoms with Gasteiger partial charge in [0.05, 0.1) is 6.61 Å². The molecule has 0 aliphatic carbocycles. The molecular weight excluding hydrogens is 176 g/mol. The second-order valence-electron chi connectivity index (χ2n) is 2.67. The van der Waals surface area contributed by atoms with E-state index in [9.17, 15) is 0 Å². The third kappa shape index (κ3) is 1.87. The van der Waals surface area contributed by atoms with Gasteiger partial charge in [-0.3, -0.25) is 0 Å². The van der Waals surface area contributed by atoms with E-state index in [2.05, 4.69) is 4.98 Å². The molecule has 0 atom stereocenters. The molecule has 0 fully saturated rings. The van der Waals surface area contributed by atoms with Crippen molar-refractivity contribution >= 4 is 17.4 Å². The fraction of sp³-hybridized carbons (Fsp3) is 0.375. The van der Waals surface area contributed by atoms with Crippen molar-refractivity contribution in [3.05, 3.63) is 22.8 Å². The Hall–Kier alpha value is -0.800. The van der Waals surface area contributed by atoms with Crippen molar-refractivity contribution in [3.63, 3.8) is 0 Å². The van der Waals surface area contributed by atoms with Crippen LogP contribution < -0.4 is 4.90 Å². The van der Waals surface area contributed by atoms with Crippen LogP contribution in [0.3, 0.4) is 0 Å². The van der Waals surface area contributed by atoms with E-state index >= 15 is 0 Å². The van der Waals surface area contributed by atoms with Gasteiger partial charge in [-0.05, 0) is 12.1 Å².